The zero-order chi connectivity index (χ0) is 18.1. The number of hydrogen-bond donors (Lipinski definition) is 0. The fourth-order valence-electron chi connectivity index (χ4n) is 4.64. The molecule has 1 aliphatic carbocycles. The third kappa shape index (κ3) is 3.25. The number of fused-ring (bicyclic) bond motifs is 1. The summed E-state index contributed by atoms with van der Waals surface area (Å²) >= 11 is 0. The van der Waals surface area contributed by atoms with Crippen molar-refractivity contribution in [3.8, 4) is 0 Å². The number of rotatable bonds is 3. The molecule has 3 unspecified atom stereocenters. The third-order valence-electron chi connectivity index (χ3n) is 6.15. The maximum absolute atomic E-state index is 13.2. The Bertz CT molecular complexity index is 670. The summed E-state index contributed by atoms with van der Waals surface area (Å²) in [6, 6.07) is 8.32. The van der Waals surface area contributed by atoms with Crippen LogP contribution >= 0.6 is 0 Å². The molecule has 2 amide bonds. The van der Waals surface area contributed by atoms with E-state index < -0.39 is 0 Å². The minimum absolute atomic E-state index is 0.0565. The summed E-state index contributed by atoms with van der Waals surface area (Å²) in [5, 5.41) is 0. The molecule has 0 aromatic heterocycles. The molecule has 2 aliphatic heterocycles. The van der Waals surface area contributed by atoms with Gasteiger partial charge in [-0.3, -0.25) is 9.59 Å². The number of aryl methyl sites for hydroxylation is 1. The molecule has 26 heavy (non-hydrogen) atoms. The molecular formula is C21H28N2O3. The molecule has 3 fully saturated rings. The maximum atomic E-state index is 13.2. The summed E-state index contributed by atoms with van der Waals surface area (Å²) < 4.78 is 5.89. The number of hydrogen-bond acceptors (Lipinski definition) is 3. The predicted octanol–water partition coefficient (Wildman–Crippen LogP) is 2.77. The largest absolute Gasteiger partial charge is 0.374 e. The van der Waals surface area contributed by atoms with Gasteiger partial charge in [0.25, 0.3) is 0 Å². The molecule has 0 N–H and O–H groups in total. The highest BCUT2D eigenvalue weighted by atomic mass is 16.5. The van der Waals surface area contributed by atoms with Crippen LogP contribution in [0.15, 0.2) is 24.3 Å². The monoisotopic (exact) mass is 356 g/mol. The first kappa shape index (κ1) is 17.5. The van der Waals surface area contributed by atoms with Gasteiger partial charge in [-0.2, -0.15) is 0 Å². The molecule has 0 bridgehead atoms. The van der Waals surface area contributed by atoms with Gasteiger partial charge in [-0.25, -0.2) is 0 Å². The maximum Gasteiger partial charge on any atom is 0.228 e. The van der Waals surface area contributed by atoms with Crippen molar-refractivity contribution in [2.24, 2.45) is 5.92 Å². The van der Waals surface area contributed by atoms with Crippen molar-refractivity contribution in [3.05, 3.63) is 29.8 Å². The van der Waals surface area contributed by atoms with Gasteiger partial charge in [-0.1, -0.05) is 31.9 Å². The summed E-state index contributed by atoms with van der Waals surface area (Å²) in [6.07, 6.45) is 5.92. The Morgan fingerprint density at radius 2 is 1.96 bits per heavy atom. The predicted molar refractivity (Wildman–Crippen MR) is 100.0 cm³/mol. The van der Waals surface area contributed by atoms with E-state index in [-0.39, 0.29) is 29.9 Å². The highest BCUT2D eigenvalue weighted by molar-refractivity contribution is 6.00. The van der Waals surface area contributed by atoms with Gasteiger partial charge >= 0.3 is 0 Å². The Labute approximate surface area is 155 Å². The van der Waals surface area contributed by atoms with Crippen molar-refractivity contribution in [3.63, 3.8) is 0 Å². The Morgan fingerprint density at radius 3 is 2.73 bits per heavy atom. The van der Waals surface area contributed by atoms with Gasteiger partial charge in [0.05, 0.1) is 24.7 Å². The average Bonchev–Trinajstić information content (AvgIpc) is 3.08. The van der Waals surface area contributed by atoms with Crippen LogP contribution in [-0.4, -0.2) is 48.6 Å². The quantitative estimate of drug-likeness (QED) is 0.837. The molecule has 0 radical (unpaired) electrons. The van der Waals surface area contributed by atoms with Crippen LogP contribution in [0.25, 0.3) is 0 Å². The zero-order valence-corrected chi connectivity index (χ0v) is 15.5. The van der Waals surface area contributed by atoms with Crippen molar-refractivity contribution in [2.45, 2.75) is 57.6 Å². The van der Waals surface area contributed by atoms with Crippen molar-refractivity contribution in [1.82, 2.24) is 4.90 Å². The standard InChI is InChI=1S/C21H28N2O3/c1-2-15-7-9-17(10-8-15)23-14-16(13-20(23)24)21(25)22-11-12-26-19-6-4-3-5-18(19)22/h7-10,16,18-19H,2-6,11-14H2,1H3. The van der Waals surface area contributed by atoms with Crippen LogP contribution in [0.3, 0.4) is 0 Å². The minimum Gasteiger partial charge on any atom is -0.374 e. The van der Waals surface area contributed by atoms with Gasteiger partial charge in [-0.05, 0) is 37.0 Å². The van der Waals surface area contributed by atoms with Crippen molar-refractivity contribution >= 4 is 17.5 Å². The molecular weight excluding hydrogens is 328 g/mol. The molecule has 2 saturated heterocycles. The molecule has 1 aromatic rings. The smallest absolute Gasteiger partial charge is 0.228 e. The topological polar surface area (TPSA) is 49.9 Å². The van der Waals surface area contributed by atoms with Gasteiger partial charge in [0, 0.05) is 25.2 Å². The van der Waals surface area contributed by atoms with Crippen molar-refractivity contribution < 1.29 is 14.3 Å². The van der Waals surface area contributed by atoms with E-state index >= 15 is 0 Å². The van der Waals surface area contributed by atoms with Gasteiger partial charge in [-0.15, -0.1) is 0 Å². The molecule has 2 heterocycles. The Hall–Kier alpha value is -1.88. The summed E-state index contributed by atoms with van der Waals surface area (Å²) in [5.41, 5.74) is 2.16. The van der Waals surface area contributed by atoms with Crippen LogP contribution in [0.2, 0.25) is 0 Å². The lowest BCUT2D eigenvalue weighted by atomic mass is 9.89. The number of amides is 2. The number of morpholine rings is 1. The highest BCUT2D eigenvalue weighted by Gasteiger charge is 2.42. The lowest BCUT2D eigenvalue weighted by molar-refractivity contribution is -0.153. The first-order valence-corrected chi connectivity index (χ1v) is 9.98. The van der Waals surface area contributed by atoms with Crippen molar-refractivity contribution in [1.29, 1.82) is 0 Å². The Kier molecular flexibility index (Phi) is 4.98. The number of anilines is 1. The van der Waals surface area contributed by atoms with E-state index in [4.69, 9.17) is 4.74 Å². The van der Waals surface area contributed by atoms with E-state index in [1.807, 2.05) is 17.0 Å². The number of benzene rings is 1. The first-order valence-electron chi connectivity index (χ1n) is 9.98. The SMILES string of the molecule is CCc1ccc(N2CC(C(=O)N3CCOC4CCCCC43)CC2=O)cc1. The molecule has 0 spiro atoms. The zero-order valence-electron chi connectivity index (χ0n) is 15.5. The lowest BCUT2D eigenvalue weighted by Gasteiger charge is -2.44. The van der Waals surface area contributed by atoms with Crippen LogP contribution in [-0.2, 0) is 20.7 Å². The molecule has 3 aliphatic rings. The van der Waals surface area contributed by atoms with Crippen LogP contribution in [0.5, 0.6) is 0 Å². The van der Waals surface area contributed by atoms with Crippen LogP contribution < -0.4 is 4.90 Å². The molecule has 5 nitrogen and oxygen atoms in total. The summed E-state index contributed by atoms with van der Waals surface area (Å²) in [5.74, 6) is -0.0266. The van der Waals surface area contributed by atoms with E-state index in [0.717, 1.165) is 31.4 Å². The van der Waals surface area contributed by atoms with E-state index in [9.17, 15) is 9.59 Å². The van der Waals surface area contributed by atoms with Crippen LogP contribution in [0.4, 0.5) is 5.69 Å². The molecule has 4 rings (SSSR count). The summed E-state index contributed by atoms with van der Waals surface area (Å²) in [6.45, 7) is 3.90. The van der Waals surface area contributed by atoms with E-state index in [1.54, 1.807) is 4.90 Å². The van der Waals surface area contributed by atoms with Gasteiger partial charge in [0.15, 0.2) is 0 Å². The minimum atomic E-state index is -0.228. The Morgan fingerprint density at radius 1 is 1.19 bits per heavy atom. The second kappa shape index (κ2) is 7.39. The van der Waals surface area contributed by atoms with E-state index in [0.29, 0.717) is 26.1 Å². The molecule has 3 atom stereocenters. The van der Waals surface area contributed by atoms with Crippen LogP contribution in [0, 0.1) is 5.92 Å². The first-order chi connectivity index (χ1) is 12.7. The number of carbonyl (C=O) groups excluding carboxylic acids is 2. The van der Waals surface area contributed by atoms with E-state index in [1.165, 1.54) is 12.0 Å². The molecule has 1 aromatic carbocycles. The van der Waals surface area contributed by atoms with Crippen LogP contribution in [0.1, 0.15) is 44.6 Å². The normalized spacial score (nSPS) is 29.0. The van der Waals surface area contributed by atoms with Gasteiger partial charge in [0.2, 0.25) is 11.8 Å². The third-order valence-corrected chi connectivity index (χ3v) is 6.15. The second-order valence-corrected chi connectivity index (χ2v) is 7.72. The number of ether oxygens (including phenoxy) is 1. The summed E-state index contributed by atoms with van der Waals surface area (Å²) in [7, 11) is 0. The lowest BCUT2D eigenvalue weighted by Crippen LogP contribution is -2.56. The second-order valence-electron chi connectivity index (χ2n) is 7.72. The Balaban J connectivity index is 1.46. The van der Waals surface area contributed by atoms with Gasteiger partial charge < -0.3 is 14.5 Å². The fraction of sp³-hybridized carbons (Fsp3) is 0.619. The average molecular weight is 356 g/mol. The molecule has 140 valence electrons. The fourth-order valence-corrected chi connectivity index (χ4v) is 4.64. The van der Waals surface area contributed by atoms with E-state index in [2.05, 4.69) is 19.1 Å². The molecule has 5 heteroatoms. The molecule has 1 saturated carbocycles. The number of nitrogens with zero attached hydrogens (tertiary/aromatic N) is 2. The highest BCUT2D eigenvalue weighted by Crippen LogP contribution is 2.32. The summed E-state index contributed by atoms with van der Waals surface area (Å²) in [4.78, 5) is 29.5. The van der Waals surface area contributed by atoms with Gasteiger partial charge in [0.1, 0.15) is 0 Å². The van der Waals surface area contributed by atoms with Crippen molar-refractivity contribution in [2.75, 3.05) is 24.6 Å². The number of carbonyl (C=O) groups is 2.